The Labute approximate surface area is 159 Å². The molecule has 0 radical (unpaired) electrons. The molecule has 0 saturated carbocycles. The van der Waals surface area contributed by atoms with Crippen molar-refractivity contribution in [2.45, 2.75) is 20.4 Å². The Morgan fingerprint density at radius 3 is 2.58 bits per heavy atom. The standard InChI is InChI=1S/C21H26N4S/c1-16-6-4-7-20(17(16)2)25-11-9-24(10-12-25)15-18-14-19(22-23(18)3)21-8-5-13-26-21/h4-8,13-14H,9-12,15H2,1-3H3. The van der Waals surface area contributed by atoms with Gasteiger partial charge in [-0.05, 0) is 48.6 Å². The average molecular weight is 367 g/mol. The smallest absolute Gasteiger partial charge is 0.103 e. The predicted octanol–water partition coefficient (Wildman–Crippen LogP) is 4.09. The molecule has 0 amide bonds. The minimum Gasteiger partial charge on any atom is -0.369 e. The van der Waals surface area contributed by atoms with Crippen LogP contribution in [0.25, 0.3) is 10.6 Å². The summed E-state index contributed by atoms with van der Waals surface area (Å²) in [6.45, 7) is 9.75. The van der Waals surface area contributed by atoms with Gasteiger partial charge in [-0.1, -0.05) is 18.2 Å². The molecule has 0 atom stereocenters. The van der Waals surface area contributed by atoms with Crippen LogP contribution >= 0.6 is 11.3 Å². The van der Waals surface area contributed by atoms with Crippen molar-refractivity contribution in [1.29, 1.82) is 0 Å². The maximum absolute atomic E-state index is 4.69. The Balaban J connectivity index is 1.41. The lowest BCUT2D eigenvalue weighted by molar-refractivity contribution is 0.243. The molecule has 0 unspecified atom stereocenters. The molecular weight excluding hydrogens is 340 g/mol. The van der Waals surface area contributed by atoms with E-state index in [0.717, 1.165) is 38.4 Å². The number of nitrogens with zero attached hydrogens (tertiary/aromatic N) is 4. The third kappa shape index (κ3) is 3.41. The van der Waals surface area contributed by atoms with Gasteiger partial charge in [-0.2, -0.15) is 5.10 Å². The van der Waals surface area contributed by atoms with E-state index < -0.39 is 0 Å². The number of anilines is 1. The number of aromatic nitrogens is 2. The molecule has 4 rings (SSSR count). The Bertz CT molecular complexity index is 874. The van der Waals surface area contributed by atoms with Crippen LogP contribution in [0.3, 0.4) is 0 Å². The number of hydrogen-bond acceptors (Lipinski definition) is 4. The van der Waals surface area contributed by atoms with Gasteiger partial charge >= 0.3 is 0 Å². The first-order chi connectivity index (χ1) is 12.6. The van der Waals surface area contributed by atoms with Gasteiger partial charge in [-0.15, -0.1) is 11.3 Å². The van der Waals surface area contributed by atoms with Gasteiger partial charge in [-0.3, -0.25) is 9.58 Å². The zero-order valence-corrected chi connectivity index (χ0v) is 16.6. The molecule has 2 aromatic heterocycles. The molecule has 0 bridgehead atoms. The summed E-state index contributed by atoms with van der Waals surface area (Å²) in [6.07, 6.45) is 0. The third-order valence-corrected chi connectivity index (χ3v) is 6.32. The van der Waals surface area contributed by atoms with Crippen molar-refractivity contribution in [3.8, 4) is 10.6 Å². The van der Waals surface area contributed by atoms with E-state index in [1.54, 1.807) is 11.3 Å². The van der Waals surface area contributed by atoms with Crippen molar-refractivity contribution >= 4 is 17.0 Å². The van der Waals surface area contributed by atoms with Gasteiger partial charge in [0.15, 0.2) is 0 Å². The van der Waals surface area contributed by atoms with Crippen molar-refractivity contribution in [3.63, 3.8) is 0 Å². The van der Waals surface area contributed by atoms with Crippen LogP contribution in [0.15, 0.2) is 41.8 Å². The third-order valence-electron chi connectivity index (χ3n) is 5.42. The van der Waals surface area contributed by atoms with Gasteiger partial charge in [-0.25, -0.2) is 0 Å². The van der Waals surface area contributed by atoms with E-state index in [1.165, 1.54) is 27.4 Å². The summed E-state index contributed by atoms with van der Waals surface area (Å²) in [5.41, 5.74) is 6.55. The number of hydrogen-bond donors (Lipinski definition) is 0. The lowest BCUT2D eigenvalue weighted by Gasteiger charge is -2.37. The van der Waals surface area contributed by atoms with Crippen LogP contribution in [0.5, 0.6) is 0 Å². The highest BCUT2D eigenvalue weighted by Gasteiger charge is 2.20. The fourth-order valence-electron chi connectivity index (χ4n) is 3.65. The van der Waals surface area contributed by atoms with E-state index in [0.29, 0.717) is 0 Å². The SMILES string of the molecule is Cc1cccc(N2CCN(Cc3cc(-c4cccs4)nn3C)CC2)c1C. The molecule has 0 spiro atoms. The number of piperazine rings is 1. The second kappa shape index (κ2) is 7.25. The van der Waals surface area contributed by atoms with Crippen LogP contribution in [0.4, 0.5) is 5.69 Å². The van der Waals surface area contributed by atoms with Crippen molar-refractivity contribution in [1.82, 2.24) is 14.7 Å². The lowest BCUT2D eigenvalue weighted by Crippen LogP contribution is -2.46. The zero-order chi connectivity index (χ0) is 18.1. The van der Waals surface area contributed by atoms with E-state index in [2.05, 4.69) is 72.5 Å². The molecule has 1 aliphatic heterocycles. The predicted molar refractivity (Wildman–Crippen MR) is 110 cm³/mol. The zero-order valence-electron chi connectivity index (χ0n) is 15.8. The summed E-state index contributed by atoms with van der Waals surface area (Å²) < 4.78 is 2.03. The summed E-state index contributed by atoms with van der Waals surface area (Å²) in [5, 5.41) is 6.80. The van der Waals surface area contributed by atoms with Gasteiger partial charge in [0.2, 0.25) is 0 Å². The summed E-state index contributed by atoms with van der Waals surface area (Å²) >= 11 is 1.75. The van der Waals surface area contributed by atoms with Crippen LogP contribution in [0.1, 0.15) is 16.8 Å². The molecule has 1 saturated heterocycles. The molecule has 1 aromatic carbocycles. The van der Waals surface area contributed by atoms with Crippen LogP contribution in [0, 0.1) is 13.8 Å². The minimum atomic E-state index is 0.968. The van der Waals surface area contributed by atoms with Crippen molar-refractivity contribution in [2.75, 3.05) is 31.1 Å². The highest BCUT2D eigenvalue weighted by Crippen LogP contribution is 2.26. The van der Waals surface area contributed by atoms with E-state index in [9.17, 15) is 0 Å². The van der Waals surface area contributed by atoms with Gasteiger partial charge in [0, 0.05) is 45.5 Å². The number of benzene rings is 1. The molecule has 5 heteroatoms. The Morgan fingerprint density at radius 1 is 1.04 bits per heavy atom. The van der Waals surface area contributed by atoms with E-state index in [-0.39, 0.29) is 0 Å². The minimum absolute atomic E-state index is 0.968. The molecule has 4 nitrogen and oxygen atoms in total. The van der Waals surface area contributed by atoms with E-state index in [4.69, 9.17) is 5.10 Å². The fourth-order valence-corrected chi connectivity index (χ4v) is 4.33. The normalized spacial score (nSPS) is 15.6. The molecule has 1 aliphatic rings. The molecule has 136 valence electrons. The highest BCUT2D eigenvalue weighted by atomic mass is 32.1. The first-order valence-corrected chi connectivity index (χ1v) is 10.1. The quantitative estimate of drug-likeness (QED) is 0.695. The Morgan fingerprint density at radius 2 is 1.85 bits per heavy atom. The maximum Gasteiger partial charge on any atom is 0.103 e. The lowest BCUT2D eigenvalue weighted by atomic mass is 10.1. The van der Waals surface area contributed by atoms with Crippen molar-refractivity contribution < 1.29 is 0 Å². The molecular formula is C21H26N4S. The van der Waals surface area contributed by atoms with Crippen LogP contribution < -0.4 is 4.90 Å². The molecule has 3 aromatic rings. The first kappa shape index (κ1) is 17.3. The van der Waals surface area contributed by atoms with E-state index in [1.807, 2.05) is 4.68 Å². The van der Waals surface area contributed by atoms with Gasteiger partial charge < -0.3 is 4.90 Å². The van der Waals surface area contributed by atoms with Gasteiger partial charge in [0.25, 0.3) is 0 Å². The Kier molecular flexibility index (Phi) is 4.83. The van der Waals surface area contributed by atoms with Crippen molar-refractivity contribution in [2.24, 2.45) is 7.05 Å². The number of thiophene rings is 1. The molecule has 0 aliphatic carbocycles. The molecule has 0 N–H and O–H groups in total. The second-order valence-electron chi connectivity index (χ2n) is 7.10. The second-order valence-corrected chi connectivity index (χ2v) is 8.05. The summed E-state index contributed by atoms with van der Waals surface area (Å²) in [6, 6.07) is 13.1. The van der Waals surface area contributed by atoms with Crippen LogP contribution in [0.2, 0.25) is 0 Å². The molecule has 26 heavy (non-hydrogen) atoms. The largest absolute Gasteiger partial charge is 0.369 e. The van der Waals surface area contributed by atoms with Gasteiger partial charge in [0.1, 0.15) is 5.69 Å². The highest BCUT2D eigenvalue weighted by molar-refractivity contribution is 7.13. The molecule has 3 heterocycles. The maximum atomic E-state index is 4.69. The first-order valence-electron chi connectivity index (χ1n) is 9.22. The summed E-state index contributed by atoms with van der Waals surface area (Å²) in [7, 11) is 2.05. The van der Waals surface area contributed by atoms with Crippen LogP contribution in [-0.4, -0.2) is 40.9 Å². The number of rotatable bonds is 4. The number of aryl methyl sites for hydroxylation is 2. The monoisotopic (exact) mass is 366 g/mol. The van der Waals surface area contributed by atoms with E-state index >= 15 is 0 Å². The average Bonchev–Trinajstić information content (AvgIpc) is 3.29. The molecule has 1 fully saturated rings. The summed E-state index contributed by atoms with van der Waals surface area (Å²) in [4.78, 5) is 6.31. The van der Waals surface area contributed by atoms with Crippen LogP contribution in [-0.2, 0) is 13.6 Å². The van der Waals surface area contributed by atoms with Crippen molar-refractivity contribution in [3.05, 3.63) is 58.6 Å². The topological polar surface area (TPSA) is 24.3 Å². The summed E-state index contributed by atoms with van der Waals surface area (Å²) in [5.74, 6) is 0. The van der Waals surface area contributed by atoms with Gasteiger partial charge in [0.05, 0.1) is 10.6 Å². The fraction of sp³-hybridized carbons (Fsp3) is 0.381. The Hall–Kier alpha value is -2.11.